The Balaban J connectivity index is 1.14. The lowest BCUT2D eigenvalue weighted by atomic mass is 9.77. The predicted molar refractivity (Wildman–Crippen MR) is 258 cm³/mol. The lowest BCUT2D eigenvalue weighted by Crippen LogP contribution is -2.39. The quantitative estimate of drug-likeness (QED) is 0.0252. The molecule has 1 unspecified atom stereocenters. The van der Waals surface area contributed by atoms with Crippen LogP contribution in [0.4, 0.5) is 21.0 Å². The van der Waals surface area contributed by atoms with Gasteiger partial charge in [-0.1, -0.05) is 152 Å². The van der Waals surface area contributed by atoms with E-state index in [1.807, 2.05) is 95.7 Å². The zero-order valence-electron chi connectivity index (χ0n) is 38.8. The molecule has 0 radical (unpaired) electrons. The number of carbonyl (C=O) groups is 3. The fourth-order valence-electron chi connectivity index (χ4n) is 8.79. The van der Waals surface area contributed by atoms with Gasteiger partial charge in [-0.15, -0.1) is 5.10 Å². The average molecular weight is 929 g/mol. The molecule has 352 valence electrons. The Labute approximate surface area is 399 Å². The SMILES string of the molecule is CC(OC(=O)OC1CCCCC1)OC(=O)c1cccc([N+](=O)[O-])c1N(Cc1ccc(-c2ccccc2-c2nnnn2C(c2ccccc2)(c2ccccc2)c2ccccc2)cc1)C(=O)OC(C)(C)C. The van der Waals surface area contributed by atoms with Gasteiger partial charge in [0.15, 0.2) is 5.82 Å². The van der Waals surface area contributed by atoms with E-state index in [-0.39, 0.29) is 23.9 Å². The number of anilines is 1. The van der Waals surface area contributed by atoms with Crippen LogP contribution in [0.5, 0.6) is 0 Å². The van der Waals surface area contributed by atoms with E-state index in [2.05, 4.69) is 46.7 Å². The fourth-order valence-corrected chi connectivity index (χ4v) is 8.79. The van der Waals surface area contributed by atoms with Crippen LogP contribution in [0.15, 0.2) is 158 Å². The molecule has 1 aliphatic rings. The molecule has 1 aromatic heterocycles. The van der Waals surface area contributed by atoms with Crippen molar-refractivity contribution >= 4 is 29.6 Å². The molecule has 1 saturated carbocycles. The van der Waals surface area contributed by atoms with Crippen molar-refractivity contribution in [2.75, 3.05) is 4.90 Å². The summed E-state index contributed by atoms with van der Waals surface area (Å²) in [6, 6.07) is 49.2. The van der Waals surface area contributed by atoms with E-state index in [1.165, 1.54) is 25.1 Å². The second kappa shape index (κ2) is 20.8. The Hall–Kier alpha value is -8.20. The van der Waals surface area contributed by atoms with Crippen molar-refractivity contribution in [3.8, 4) is 22.5 Å². The van der Waals surface area contributed by atoms with Crippen LogP contribution in [0.1, 0.15) is 92.4 Å². The molecule has 69 heavy (non-hydrogen) atoms. The minimum absolute atomic E-state index is 0.256. The van der Waals surface area contributed by atoms with Crippen LogP contribution in [0.2, 0.25) is 0 Å². The van der Waals surface area contributed by atoms with E-state index in [0.29, 0.717) is 24.2 Å². The molecule has 0 N–H and O–H groups in total. The number of amides is 1. The van der Waals surface area contributed by atoms with Gasteiger partial charge in [0.1, 0.15) is 22.9 Å². The Morgan fingerprint density at radius 2 is 1.29 bits per heavy atom. The summed E-state index contributed by atoms with van der Waals surface area (Å²) < 4.78 is 23.8. The predicted octanol–water partition coefficient (Wildman–Crippen LogP) is 11.7. The third kappa shape index (κ3) is 10.5. The molecule has 7 aromatic rings. The normalized spacial score (nSPS) is 13.4. The monoisotopic (exact) mass is 928 g/mol. The van der Waals surface area contributed by atoms with Gasteiger partial charge in [-0.2, -0.15) is 0 Å². The van der Waals surface area contributed by atoms with Gasteiger partial charge in [0.05, 0.1) is 17.0 Å². The number of hydrogen-bond acceptors (Lipinski definition) is 12. The number of rotatable bonds is 14. The zero-order chi connectivity index (χ0) is 48.5. The summed E-state index contributed by atoms with van der Waals surface area (Å²) in [5, 5.41) is 26.3. The van der Waals surface area contributed by atoms with Crippen molar-refractivity contribution in [3.63, 3.8) is 0 Å². The molecule has 0 spiro atoms. The van der Waals surface area contributed by atoms with Gasteiger partial charge in [-0.3, -0.25) is 15.0 Å². The smallest absolute Gasteiger partial charge is 0.443 e. The first kappa shape index (κ1) is 47.3. The lowest BCUT2D eigenvalue weighted by Gasteiger charge is -2.36. The number of nitrogens with zero attached hydrogens (tertiary/aromatic N) is 6. The second-order valence-corrected chi connectivity index (χ2v) is 17.7. The maximum Gasteiger partial charge on any atom is 0.511 e. The van der Waals surface area contributed by atoms with E-state index in [4.69, 9.17) is 24.2 Å². The second-order valence-electron chi connectivity index (χ2n) is 17.7. The van der Waals surface area contributed by atoms with Crippen LogP contribution in [0.3, 0.4) is 0 Å². The number of nitro benzene ring substituents is 1. The first-order chi connectivity index (χ1) is 33.3. The Kier molecular flexibility index (Phi) is 14.2. The largest absolute Gasteiger partial charge is 0.511 e. The van der Waals surface area contributed by atoms with Crippen molar-refractivity contribution in [3.05, 3.63) is 196 Å². The minimum Gasteiger partial charge on any atom is -0.443 e. The average Bonchev–Trinajstić information content (AvgIpc) is 3.84. The van der Waals surface area contributed by atoms with Crippen LogP contribution in [-0.2, 0) is 31.0 Å². The van der Waals surface area contributed by atoms with E-state index in [9.17, 15) is 24.5 Å². The van der Waals surface area contributed by atoms with Gasteiger partial charge < -0.3 is 18.9 Å². The highest BCUT2D eigenvalue weighted by Crippen LogP contribution is 2.44. The minimum atomic E-state index is -1.43. The van der Waals surface area contributed by atoms with Crippen molar-refractivity contribution in [2.24, 2.45) is 0 Å². The Morgan fingerprint density at radius 3 is 1.86 bits per heavy atom. The number of tetrazole rings is 1. The first-order valence-electron chi connectivity index (χ1n) is 22.8. The number of nitro groups is 1. The van der Waals surface area contributed by atoms with E-state index in [1.54, 1.807) is 32.9 Å². The van der Waals surface area contributed by atoms with E-state index >= 15 is 0 Å². The topological polar surface area (TPSA) is 178 Å². The molecular formula is C54H52N6O9. The number of ether oxygens (including phenoxy) is 4. The highest BCUT2D eigenvalue weighted by molar-refractivity contribution is 6.03. The molecule has 1 fully saturated rings. The van der Waals surface area contributed by atoms with Crippen LogP contribution in [0.25, 0.3) is 22.5 Å². The summed E-state index contributed by atoms with van der Waals surface area (Å²) in [5.41, 5.74) is 2.43. The van der Waals surface area contributed by atoms with E-state index < -0.39 is 46.3 Å². The van der Waals surface area contributed by atoms with Crippen LogP contribution in [-0.4, -0.2) is 61.3 Å². The standard InChI is InChI=1S/C54H52N6O9/c1-37(67-52(63)68-43-26-15-8-16-27-43)66-50(61)46-30-19-31-47(60(64)65)48(46)58(51(62)69-53(2,3)4)36-38-32-34-39(35-33-38)44-28-17-18-29-45(44)49-55-56-57-59(49)54(40-20-9-5-10-21-40,41-22-11-6-12-23-41)42-24-13-7-14-25-42/h5-7,9-14,17-25,28-35,37,43H,8,15-16,26-27,36H2,1-4H3. The van der Waals surface area contributed by atoms with Gasteiger partial charge in [0.25, 0.3) is 5.69 Å². The summed E-state index contributed by atoms with van der Waals surface area (Å²) in [6.45, 7) is 6.06. The molecular weight excluding hydrogens is 877 g/mol. The van der Waals surface area contributed by atoms with Crippen molar-refractivity contribution in [2.45, 2.75) is 89.9 Å². The molecule has 1 heterocycles. The summed E-state index contributed by atoms with van der Waals surface area (Å²) in [5.74, 6) is -0.579. The van der Waals surface area contributed by atoms with Crippen molar-refractivity contribution in [1.82, 2.24) is 20.2 Å². The van der Waals surface area contributed by atoms with Crippen molar-refractivity contribution < 1.29 is 38.3 Å². The highest BCUT2D eigenvalue weighted by atomic mass is 16.8. The number of carbonyl (C=O) groups excluding carboxylic acids is 3. The number of hydrogen-bond donors (Lipinski definition) is 0. The Morgan fingerprint density at radius 1 is 0.725 bits per heavy atom. The maximum atomic E-state index is 14.2. The number of benzene rings is 6. The van der Waals surface area contributed by atoms with E-state index in [0.717, 1.165) is 57.5 Å². The molecule has 0 bridgehead atoms. The third-order valence-corrected chi connectivity index (χ3v) is 11.8. The van der Waals surface area contributed by atoms with Crippen LogP contribution in [0, 0.1) is 10.1 Å². The lowest BCUT2D eigenvalue weighted by molar-refractivity contribution is -0.384. The van der Waals surface area contributed by atoms with Crippen LogP contribution < -0.4 is 4.90 Å². The summed E-state index contributed by atoms with van der Waals surface area (Å²) >= 11 is 0. The number of para-hydroxylation sites is 1. The maximum absolute atomic E-state index is 14.2. The first-order valence-corrected chi connectivity index (χ1v) is 22.8. The summed E-state index contributed by atoms with van der Waals surface area (Å²) in [4.78, 5) is 53.6. The molecule has 15 nitrogen and oxygen atoms in total. The summed E-state index contributed by atoms with van der Waals surface area (Å²) in [7, 11) is 0. The fraction of sp³-hybridized carbons (Fsp3) is 0.259. The zero-order valence-corrected chi connectivity index (χ0v) is 38.8. The molecule has 1 atom stereocenters. The van der Waals surface area contributed by atoms with Gasteiger partial charge in [0.2, 0.25) is 6.29 Å². The molecule has 0 aliphatic heterocycles. The molecule has 8 rings (SSSR count). The van der Waals surface area contributed by atoms with Gasteiger partial charge in [-0.25, -0.2) is 19.1 Å². The van der Waals surface area contributed by atoms with Gasteiger partial charge >= 0.3 is 18.2 Å². The van der Waals surface area contributed by atoms with Gasteiger partial charge in [-0.05, 0) is 96.3 Å². The Bertz CT molecular complexity index is 2800. The molecule has 1 amide bonds. The van der Waals surface area contributed by atoms with Crippen molar-refractivity contribution in [1.29, 1.82) is 0 Å². The number of aromatic nitrogens is 4. The molecule has 1 aliphatic carbocycles. The molecule has 0 saturated heterocycles. The highest BCUT2D eigenvalue weighted by Gasteiger charge is 2.42. The van der Waals surface area contributed by atoms with Gasteiger partial charge in [0, 0.05) is 18.6 Å². The summed E-state index contributed by atoms with van der Waals surface area (Å²) in [6.07, 6.45) is 0.641. The third-order valence-electron chi connectivity index (χ3n) is 11.8. The molecule has 15 heteroatoms. The molecule has 6 aromatic carbocycles. The van der Waals surface area contributed by atoms with Crippen LogP contribution >= 0.6 is 0 Å². The number of esters is 1.